The lowest BCUT2D eigenvalue weighted by atomic mass is 9.62. The molecule has 1 saturated carbocycles. The van der Waals surface area contributed by atoms with E-state index in [9.17, 15) is 0 Å². The highest BCUT2D eigenvalue weighted by Crippen LogP contribution is 2.46. The van der Waals surface area contributed by atoms with Crippen molar-refractivity contribution in [1.29, 1.82) is 0 Å². The zero-order chi connectivity index (χ0) is 9.60. The van der Waals surface area contributed by atoms with E-state index >= 15 is 0 Å². The number of rotatable bonds is 0. The van der Waals surface area contributed by atoms with E-state index in [-0.39, 0.29) is 0 Å². The third kappa shape index (κ3) is 1.17. The van der Waals surface area contributed by atoms with Crippen LogP contribution in [0, 0.1) is 0 Å². The summed E-state index contributed by atoms with van der Waals surface area (Å²) in [7, 11) is 0. The molecule has 14 heavy (non-hydrogen) atoms. The van der Waals surface area contributed by atoms with Crippen LogP contribution in [0.15, 0.2) is 22.7 Å². The molecule has 0 amide bonds. The van der Waals surface area contributed by atoms with Crippen molar-refractivity contribution in [3.05, 3.63) is 33.8 Å². The van der Waals surface area contributed by atoms with Crippen LogP contribution in [0.3, 0.4) is 0 Å². The van der Waals surface area contributed by atoms with E-state index < -0.39 is 0 Å². The molecule has 3 rings (SSSR count). The Kier molecular flexibility index (Phi) is 1.96. The topological polar surface area (TPSA) is 12.0 Å². The maximum Gasteiger partial charge on any atom is 0.0208 e. The van der Waals surface area contributed by atoms with Gasteiger partial charge in [-0.2, -0.15) is 0 Å². The molecule has 0 aromatic heterocycles. The third-order valence-corrected chi connectivity index (χ3v) is 4.23. The van der Waals surface area contributed by atoms with Crippen molar-refractivity contribution in [3.63, 3.8) is 0 Å². The van der Waals surface area contributed by atoms with E-state index in [0.29, 0.717) is 5.41 Å². The summed E-state index contributed by atoms with van der Waals surface area (Å²) < 4.78 is 1.23. The van der Waals surface area contributed by atoms with Gasteiger partial charge in [-0.1, -0.05) is 28.4 Å². The molecule has 1 aromatic carbocycles. The molecule has 0 radical (unpaired) electrons. The molecule has 1 nitrogen and oxygen atoms in total. The Labute approximate surface area is 93.0 Å². The minimum atomic E-state index is 0.483. The maximum absolute atomic E-state index is 3.57. The van der Waals surface area contributed by atoms with Gasteiger partial charge < -0.3 is 5.32 Å². The van der Waals surface area contributed by atoms with Gasteiger partial charge in [0.2, 0.25) is 0 Å². The Balaban J connectivity index is 2.12. The molecule has 0 atom stereocenters. The van der Waals surface area contributed by atoms with Crippen molar-refractivity contribution in [1.82, 2.24) is 5.32 Å². The van der Waals surface area contributed by atoms with Crippen LogP contribution in [0.5, 0.6) is 0 Å². The molecular weight excluding hydrogens is 238 g/mol. The molecule has 0 unspecified atom stereocenters. The van der Waals surface area contributed by atoms with Gasteiger partial charge in [0, 0.05) is 23.0 Å². The normalized spacial score (nSPS) is 22.9. The number of hydrogen-bond acceptors (Lipinski definition) is 1. The van der Waals surface area contributed by atoms with Crippen LogP contribution >= 0.6 is 15.9 Å². The van der Waals surface area contributed by atoms with Gasteiger partial charge in [0.25, 0.3) is 0 Å². The minimum absolute atomic E-state index is 0.483. The highest BCUT2D eigenvalue weighted by Gasteiger charge is 2.41. The Morgan fingerprint density at radius 2 is 2.14 bits per heavy atom. The second kappa shape index (κ2) is 3.07. The van der Waals surface area contributed by atoms with Crippen molar-refractivity contribution >= 4 is 15.9 Å². The van der Waals surface area contributed by atoms with Crippen molar-refractivity contribution in [2.24, 2.45) is 0 Å². The molecule has 2 heteroatoms. The SMILES string of the molecule is Brc1ccc2c(c1)C1(CCC1)CNC2. The van der Waals surface area contributed by atoms with Crippen molar-refractivity contribution < 1.29 is 0 Å². The Morgan fingerprint density at radius 1 is 1.29 bits per heavy atom. The first-order valence-electron chi connectivity index (χ1n) is 5.30. The van der Waals surface area contributed by atoms with Gasteiger partial charge in [-0.15, -0.1) is 0 Å². The summed E-state index contributed by atoms with van der Waals surface area (Å²) in [5.74, 6) is 0. The Hall–Kier alpha value is -0.340. The summed E-state index contributed by atoms with van der Waals surface area (Å²) in [6.07, 6.45) is 4.13. The molecule has 1 aromatic rings. The molecule has 74 valence electrons. The van der Waals surface area contributed by atoms with Crippen molar-refractivity contribution in [2.75, 3.05) is 6.54 Å². The molecule has 1 aliphatic carbocycles. The predicted octanol–water partition coefficient (Wildman–Crippen LogP) is 2.97. The number of halogens is 1. The molecule has 0 saturated heterocycles. The van der Waals surface area contributed by atoms with Crippen molar-refractivity contribution in [3.8, 4) is 0 Å². The molecule has 1 N–H and O–H groups in total. The summed E-state index contributed by atoms with van der Waals surface area (Å²) in [4.78, 5) is 0. The monoisotopic (exact) mass is 251 g/mol. The highest BCUT2D eigenvalue weighted by molar-refractivity contribution is 9.10. The maximum atomic E-state index is 3.57. The zero-order valence-corrected chi connectivity index (χ0v) is 9.73. The van der Waals surface area contributed by atoms with Crippen LogP contribution in [-0.4, -0.2) is 6.54 Å². The number of benzene rings is 1. The van der Waals surface area contributed by atoms with Gasteiger partial charge in [0.15, 0.2) is 0 Å². The lowest BCUT2D eigenvalue weighted by Crippen LogP contribution is -2.47. The fraction of sp³-hybridized carbons (Fsp3) is 0.500. The summed E-state index contributed by atoms with van der Waals surface area (Å²) in [5, 5.41) is 3.54. The zero-order valence-electron chi connectivity index (χ0n) is 8.15. The highest BCUT2D eigenvalue weighted by atomic mass is 79.9. The minimum Gasteiger partial charge on any atom is -0.312 e. The average Bonchev–Trinajstić information content (AvgIpc) is 2.14. The molecule has 1 aliphatic heterocycles. The van der Waals surface area contributed by atoms with E-state index in [1.807, 2.05) is 0 Å². The Morgan fingerprint density at radius 3 is 2.86 bits per heavy atom. The third-order valence-electron chi connectivity index (χ3n) is 3.73. The largest absolute Gasteiger partial charge is 0.312 e. The second-order valence-corrected chi connectivity index (χ2v) is 5.45. The van der Waals surface area contributed by atoms with Crippen LogP contribution in [0.1, 0.15) is 30.4 Å². The van der Waals surface area contributed by atoms with Gasteiger partial charge in [0.1, 0.15) is 0 Å². The van der Waals surface area contributed by atoms with E-state index in [1.54, 1.807) is 5.56 Å². The first-order valence-corrected chi connectivity index (χ1v) is 6.09. The predicted molar refractivity (Wildman–Crippen MR) is 61.4 cm³/mol. The van der Waals surface area contributed by atoms with Crippen LogP contribution < -0.4 is 5.32 Å². The quantitative estimate of drug-likeness (QED) is 0.748. The molecule has 1 heterocycles. The van der Waals surface area contributed by atoms with Crippen molar-refractivity contribution in [2.45, 2.75) is 31.2 Å². The molecule has 0 bridgehead atoms. The van der Waals surface area contributed by atoms with E-state index in [4.69, 9.17) is 0 Å². The van der Waals surface area contributed by atoms with Gasteiger partial charge in [-0.25, -0.2) is 0 Å². The fourth-order valence-electron chi connectivity index (χ4n) is 2.78. The summed E-state index contributed by atoms with van der Waals surface area (Å²) in [5.41, 5.74) is 3.58. The fourth-order valence-corrected chi connectivity index (χ4v) is 3.14. The van der Waals surface area contributed by atoms with Crippen LogP contribution in [0.4, 0.5) is 0 Å². The molecule has 1 fully saturated rings. The first-order chi connectivity index (χ1) is 6.80. The van der Waals surface area contributed by atoms with Gasteiger partial charge in [-0.05, 0) is 36.1 Å². The first kappa shape index (κ1) is 8.93. The van der Waals surface area contributed by atoms with Crippen LogP contribution in [0.2, 0.25) is 0 Å². The second-order valence-electron chi connectivity index (χ2n) is 4.54. The van der Waals surface area contributed by atoms with Gasteiger partial charge in [0.05, 0.1) is 0 Å². The summed E-state index contributed by atoms with van der Waals surface area (Å²) in [6.45, 7) is 2.22. The average molecular weight is 252 g/mol. The smallest absolute Gasteiger partial charge is 0.0208 e. The molecule has 1 spiro atoms. The van der Waals surface area contributed by atoms with E-state index in [0.717, 1.165) is 6.54 Å². The van der Waals surface area contributed by atoms with Gasteiger partial charge in [-0.3, -0.25) is 0 Å². The Bertz CT molecular complexity index is 369. The number of nitrogens with one attached hydrogen (secondary N) is 1. The van der Waals surface area contributed by atoms with Crippen LogP contribution in [-0.2, 0) is 12.0 Å². The standard InChI is InChI=1S/C12H14BrN/c13-10-3-2-9-7-14-8-12(4-1-5-12)11(9)6-10/h2-3,6,14H,1,4-5,7-8H2. The summed E-state index contributed by atoms with van der Waals surface area (Å²) >= 11 is 3.57. The number of fused-ring (bicyclic) bond motifs is 2. The lowest BCUT2D eigenvalue weighted by molar-refractivity contribution is 0.219. The van der Waals surface area contributed by atoms with E-state index in [1.165, 1.54) is 35.8 Å². The van der Waals surface area contributed by atoms with Gasteiger partial charge >= 0.3 is 0 Å². The lowest BCUT2D eigenvalue weighted by Gasteiger charge is -2.46. The summed E-state index contributed by atoms with van der Waals surface area (Å²) in [6, 6.07) is 6.74. The molecular formula is C12H14BrN. The molecule has 2 aliphatic rings. The van der Waals surface area contributed by atoms with Crippen LogP contribution in [0.25, 0.3) is 0 Å². The van der Waals surface area contributed by atoms with E-state index in [2.05, 4.69) is 39.4 Å². The number of hydrogen-bond donors (Lipinski definition) is 1.